The lowest BCUT2D eigenvalue weighted by Gasteiger charge is -2.06. The van der Waals surface area contributed by atoms with Crippen LogP contribution in [0.2, 0.25) is 5.02 Å². The van der Waals surface area contributed by atoms with Crippen LogP contribution in [0, 0.1) is 0 Å². The summed E-state index contributed by atoms with van der Waals surface area (Å²) in [6.07, 6.45) is 2.55. The number of imidazole rings is 1. The Morgan fingerprint density at radius 2 is 1.95 bits per heavy atom. The summed E-state index contributed by atoms with van der Waals surface area (Å²) in [5.41, 5.74) is 1.52. The van der Waals surface area contributed by atoms with Crippen LogP contribution in [0.15, 0.2) is 35.6 Å². The first kappa shape index (κ1) is 16.0. The molecule has 114 valence electrons. The van der Waals surface area contributed by atoms with Crippen molar-refractivity contribution in [3.8, 4) is 0 Å². The molecule has 2 aromatic rings. The zero-order valence-corrected chi connectivity index (χ0v) is 13.2. The molecular weight excluding hydrogens is 312 g/mol. The molecule has 0 aliphatic heterocycles. The summed E-state index contributed by atoms with van der Waals surface area (Å²) in [7, 11) is -1.86. The number of aliphatic hydroxyl groups is 1. The Balaban J connectivity index is 2.01. The fourth-order valence-electron chi connectivity index (χ4n) is 2.07. The molecule has 0 aliphatic rings. The molecule has 2 rings (SSSR count). The minimum absolute atomic E-state index is 0.00246. The van der Waals surface area contributed by atoms with Crippen LogP contribution in [0.1, 0.15) is 17.7 Å². The van der Waals surface area contributed by atoms with E-state index < -0.39 is 9.84 Å². The van der Waals surface area contributed by atoms with Gasteiger partial charge in [0.2, 0.25) is 15.0 Å². The van der Waals surface area contributed by atoms with Crippen LogP contribution in [0.4, 0.5) is 0 Å². The van der Waals surface area contributed by atoms with Crippen LogP contribution in [0.5, 0.6) is 0 Å². The Hall–Kier alpha value is -1.37. The molecule has 0 radical (unpaired) electrons. The van der Waals surface area contributed by atoms with Gasteiger partial charge in [-0.2, -0.15) is 0 Å². The van der Waals surface area contributed by atoms with Gasteiger partial charge in [0.1, 0.15) is 0 Å². The maximum atomic E-state index is 12.2. The van der Waals surface area contributed by atoms with Crippen molar-refractivity contribution in [3.63, 3.8) is 0 Å². The molecule has 0 amide bonds. The third-order valence-corrected chi connectivity index (χ3v) is 5.29. The Labute approximate surface area is 129 Å². The van der Waals surface area contributed by atoms with E-state index in [-0.39, 0.29) is 17.5 Å². The van der Waals surface area contributed by atoms with E-state index in [1.165, 1.54) is 10.8 Å². The second-order valence-electron chi connectivity index (χ2n) is 4.80. The zero-order chi connectivity index (χ0) is 15.5. The number of sulfone groups is 1. The number of halogens is 1. The average Bonchev–Trinajstić information content (AvgIpc) is 2.82. The molecule has 0 saturated carbocycles. The first-order valence-corrected chi connectivity index (χ1v) is 8.55. The summed E-state index contributed by atoms with van der Waals surface area (Å²) in [5.74, 6) is 0.0192. The van der Waals surface area contributed by atoms with E-state index in [0.717, 1.165) is 5.56 Å². The molecule has 1 aromatic heterocycles. The van der Waals surface area contributed by atoms with Crippen LogP contribution in [-0.4, -0.2) is 28.8 Å². The van der Waals surface area contributed by atoms with Gasteiger partial charge in [-0.3, -0.25) is 0 Å². The molecule has 1 aromatic carbocycles. The number of nitrogens with zero attached hydrogens (tertiary/aromatic N) is 2. The summed E-state index contributed by atoms with van der Waals surface area (Å²) >= 11 is 5.80. The summed E-state index contributed by atoms with van der Waals surface area (Å²) < 4.78 is 25.9. The number of aryl methyl sites for hydroxylation is 1. The van der Waals surface area contributed by atoms with Gasteiger partial charge in [-0.15, -0.1) is 0 Å². The largest absolute Gasteiger partial charge is 0.390 e. The molecular formula is C14H17ClN2O3S. The van der Waals surface area contributed by atoms with E-state index in [0.29, 0.717) is 23.6 Å². The van der Waals surface area contributed by atoms with Gasteiger partial charge < -0.3 is 9.67 Å². The van der Waals surface area contributed by atoms with E-state index in [9.17, 15) is 8.42 Å². The van der Waals surface area contributed by atoms with E-state index in [1.807, 2.05) is 12.1 Å². The second kappa shape index (κ2) is 6.60. The van der Waals surface area contributed by atoms with E-state index in [2.05, 4.69) is 4.98 Å². The fourth-order valence-corrected chi connectivity index (χ4v) is 3.65. The second-order valence-corrected chi connectivity index (χ2v) is 7.24. The topological polar surface area (TPSA) is 72.2 Å². The smallest absolute Gasteiger partial charge is 0.227 e. The van der Waals surface area contributed by atoms with Crippen molar-refractivity contribution >= 4 is 21.4 Å². The average molecular weight is 329 g/mol. The van der Waals surface area contributed by atoms with E-state index in [1.54, 1.807) is 19.2 Å². The highest BCUT2D eigenvalue weighted by Crippen LogP contribution is 2.15. The first-order valence-electron chi connectivity index (χ1n) is 6.52. The Kier molecular flexibility index (Phi) is 5.03. The van der Waals surface area contributed by atoms with Crippen molar-refractivity contribution in [3.05, 3.63) is 46.7 Å². The SMILES string of the molecule is Cn1c(CO)cnc1S(=O)(=O)CCCc1ccc(Cl)cc1. The molecule has 5 nitrogen and oxygen atoms in total. The highest BCUT2D eigenvalue weighted by atomic mass is 35.5. The van der Waals surface area contributed by atoms with Gasteiger partial charge in [-0.25, -0.2) is 13.4 Å². The van der Waals surface area contributed by atoms with Crippen LogP contribution in [-0.2, 0) is 29.9 Å². The van der Waals surface area contributed by atoms with Gasteiger partial charge in [0.25, 0.3) is 0 Å². The third-order valence-electron chi connectivity index (χ3n) is 3.27. The highest BCUT2D eigenvalue weighted by molar-refractivity contribution is 7.91. The molecule has 0 unspecified atom stereocenters. The van der Waals surface area contributed by atoms with Crippen molar-refractivity contribution in [2.45, 2.75) is 24.6 Å². The third kappa shape index (κ3) is 3.84. The Morgan fingerprint density at radius 1 is 1.29 bits per heavy atom. The van der Waals surface area contributed by atoms with Crippen LogP contribution < -0.4 is 0 Å². The zero-order valence-electron chi connectivity index (χ0n) is 11.7. The lowest BCUT2D eigenvalue weighted by Crippen LogP contribution is -2.14. The van der Waals surface area contributed by atoms with Crippen LogP contribution in [0.3, 0.4) is 0 Å². The number of benzene rings is 1. The van der Waals surface area contributed by atoms with Crippen molar-refractivity contribution in [1.29, 1.82) is 0 Å². The number of aliphatic hydroxyl groups excluding tert-OH is 1. The number of hydrogen-bond acceptors (Lipinski definition) is 4. The van der Waals surface area contributed by atoms with Crippen molar-refractivity contribution in [1.82, 2.24) is 9.55 Å². The first-order chi connectivity index (χ1) is 9.94. The molecule has 21 heavy (non-hydrogen) atoms. The van der Waals surface area contributed by atoms with E-state index >= 15 is 0 Å². The quantitative estimate of drug-likeness (QED) is 0.880. The standard InChI is InChI=1S/C14H17ClN2O3S/c1-17-13(10-18)9-16-14(17)21(19,20)8-2-3-11-4-6-12(15)7-5-11/h4-7,9,18H,2-3,8,10H2,1H3. The maximum Gasteiger partial charge on any atom is 0.227 e. The minimum atomic E-state index is -3.44. The van der Waals surface area contributed by atoms with Crippen molar-refractivity contribution in [2.75, 3.05) is 5.75 Å². The van der Waals surface area contributed by atoms with Gasteiger partial charge in [-0.05, 0) is 30.5 Å². The van der Waals surface area contributed by atoms with E-state index in [4.69, 9.17) is 16.7 Å². The number of rotatable bonds is 6. The predicted octanol–water partition coefficient (Wildman–Crippen LogP) is 1.97. The Morgan fingerprint density at radius 3 is 2.52 bits per heavy atom. The molecule has 0 atom stereocenters. The molecule has 1 N–H and O–H groups in total. The van der Waals surface area contributed by atoms with Crippen LogP contribution in [0.25, 0.3) is 0 Å². The maximum absolute atomic E-state index is 12.2. The van der Waals surface area contributed by atoms with Gasteiger partial charge in [0.05, 0.1) is 24.3 Å². The fraction of sp³-hybridized carbons (Fsp3) is 0.357. The summed E-state index contributed by atoms with van der Waals surface area (Å²) in [5, 5.41) is 9.74. The predicted molar refractivity (Wildman–Crippen MR) is 81.0 cm³/mol. The van der Waals surface area contributed by atoms with Gasteiger partial charge in [0.15, 0.2) is 0 Å². The molecule has 7 heteroatoms. The molecule has 0 bridgehead atoms. The van der Waals surface area contributed by atoms with Crippen molar-refractivity contribution < 1.29 is 13.5 Å². The summed E-state index contributed by atoms with van der Waals surface area (Å²) in [4.78, 5) is 3.89. The summed E-state index contributed by atoms with van der Waals surface area (Å²) in [6, 6.07) is 7.36. The van der Waals surface area contributed by atoms with Gasteiger partial charge in [-0.1, -0.05) is 23.7 Å². The lowest BCUT2D eigenvalue weighted by molar-refractivity contribution is 0.271. The number of hydrogen-bond donors (Lipinski definition) is 1. The monoisotopic (exact) mass is 328 g/mol. The molecule has 0 spiro atoms. The molecule has 0 aliphatic carbocycles. The highest BCUT2D eigenvalue weighted by Gasteiger charge is 2.20. The molecule has 0 saturated heterocycles. The van der Waals surface area contributed by atoms with Gasteiger partial charge >= 0.3 is 0 Å². The lowest BCUT2D eigenvalue weighted by atomic mass is 10.1. The minimum Gasteiger partial charge on any atom is -0.390 e. The number of aromatic nitrogens is 2. The Bertz CT molecular complexity index is 708. The van der Waals surface area contributed by atoms with Crippen molar-refractivity contribution in [2.24, 2.45) is 7.05 Å². The summed E-state index contributed by atoms with van der Waals surface area (Å²) in [6.45, 7) is -0.232. The normalized spacial score (nSPS) is 11.8. The molecule has 1 heterocycles. The van der Waals surface area contributed by atoms with Crippen LogP contribution >= 0.6 is 11.6 Å². The molecule has 0 fully saturated rings. The van der Waals surface area contributed by atoms with Gasteiger partial charge in [0, 0.05) is 12.1 Å².